The minimum absolute atomic E-state index is 0.0785. The predicted octanol–water partition coefficient (Wildman–Crippen LogP) is 4.31. The van der Waals surface area contributed by atoms with Gasteiger partial charge in [0, 0.05) is 36.1 Å². The fourth-order valence-corrected chi connectivity index (χ4v) is 8.98. The molecule has 2 aromatic rings. The van der Waals surface area contributed by atoms with Crippen molar-refractivity contribution in [1.82, 2.24) is 19.9 Å². The predicted molar refractivity (Wildman–Crippen MR) is 181 cm³/mol. The topological polar surface area (TPSA) is 164 Å². The number of hydrogen-bond acceptors (Lipinski definition) is 9. The van der Waals surface area contributed by atoms with Crippen LogP contribution in [0.25, 0.3) is 10.6 Å². The average molecular weight is 698 g/mol. The summed E-state index contributed by atoms with van der Waals surface area (Å²) in [4.78, 5) is 61.7. The number of fused-ring (bicyclic) bond motifs is 2. The Hall–Kier alpha value is -3.78. The van der Waals surface area contributed by atoms with Crippen molar-refractivity contribution in [2.24, 2.45) is 17.8 Å². The first kappa shape index (κ1) is 34.1. The number of carbonyl (C=O) groups excluding carboxylic acids is 4. The molecule has 4 amide bonds. The second-order valence-electron chi connectivity index (χ2n) is 13.5. The maximum atomic E-state index is 14.0. The molecule has 5 atom stereocenters. The Bertz CT molecular complexity index is 1740. The number of amides is 4. The highest BCUT2D eigenvalue weighted by Gasteiger charge is 2.62. The Labute approximate surface area is 285 Å². The molecule has 2 heterocycles. The van der Waals surface area contributed by atoms with Gasteiger partial charge >= 0.3 is 6.09 Å². The van der Waals surface area contributed by atoms with Crippen LogP contribution >= 0.6 is 11.3 Å². The lowest BCUT2D eigenvalue weighted by Gasteiger charge is -2.26. The van der Waals surface area contributed by atoms with Crippen LogP contribution in [0.4, 0.5) is 10.5 Å². The largest absolute Gasteiger partial charge is 0.446 e. The monoisotopic (exact) mass is 697 g/mol. The van der Waals surface area contributed by atoms with Crippen molar-refractivity contribution in [3.8, 4) is 10.6 Å². The molecule has 3 saturated carbocycles. The molecule has 4 aliphatic rings. The van der Waals surface area contributed by atoms with Gasteiger partial charge in [0.1, 0.15) is 16.7 Å². The van der Waals surface area contributed by atoms with E-state index in [1.54, 1.807) is 23.3 Å². The number of anilines is 1. The van der Waals surface area contributed by atoms with E-state index in [1.165, 1.54) is 0 Å². The third-order valence-corrected chi connectivity index (χ3v) is 12.8. The van der Waals surface area contributed by atoms with Gasteiger partial charge in [0.2, 0.25) is 21.8 Å². The second kappa shape index (κ2) is 13.6. The molecule has 0 spiro atoms. The van der Waals surface area contributed by atoms with Gasteiger partial charge in [0.05, 0.1) is 22.8 Å². The zero-order valence-electron chi connectivity index (χ0n) is 27.5. The molecule has 0 unspecified atom stereocenters. The number of rotatable bonds is 7. The van der Waals surface area contributed by atoms with Crippen LogP contribution in [0.3, 0.4) is 0 Å². The quantitative estimate of drug-likeness (QED) is 0.361. The lowest BCUT2D eigenvalue weighted by atomic mass is 9.93. The van der Waals surface area contributed by atoms with Gasteiger partial charge in [-0.15, -0.1) is 11.3 Å². The molecule has 1 aromatic heterocycles. The summed E-state index contributed by atoms with van der Waals surface area (Å²) in [6.45, 7) is 4.49. The third kappa shape index (κ3) is 7.29. The summed E-state index contributed by atoms with van der Waals surface area (Å²) in [5.41, 5.74) is 0.819. The lowest BCUT2D eigenvalue weighted by Crippen LogP contribution is -2.54. The van der Waals surface area contributed by atoms with E-state index in [4.69, 9.17) is 4.74 Å². The Morgan fingerprint density at radius 2 is 1.94 bits per heavy atom. The van der Waals surface area contributed by atoms with Crippen LogP contribution in [0, 0.1) is 24.7 Å². The Kier molecular flexibility index (Phi) is 9.67. The summed E-state index contributed by atoms with van der Waals surface area (Å²) in [6.07, 6.45) is 8.82. The van der Waals surface area contributed by atoms with Gasteiger partial charge in [-0.05, 0) is 82.4 Å². The van der Waals surface area contributed by atoms with Crippen LogP contribution in [-0.2, 0) is 35.6 Å². The maximum Gasteiger partial charge on any atom is 0.411 e. The smallest absolute Gasteiger partial charge is 0.411 e. The molecule has 1 aromatic carbocycles. The first-order valence-electron chi connectivity index (χ1n) is 16.7. The van der Waals surface area contributed by atoms with Gasteiger partial charge in [-0.25, -0.2) is 18.2 Å². The van der Waals surface area contributed by atoms with Crippen molar-refractivity contribution in [2.45, 2.75) is 88.5 Å². The summed E-state index contributed by atoms with van der Waals surface area (Å²) in [6, 6.07) is 5.70. The van der Waals surface area contributed by atoms with Crippen molar-refractivity contribution >= 4 is 50.9 Å². The first-order valence-corrected chi connectivity index (χ1v) is 19.1. The SMILES string of the molecule is CCc1cnc(-c2ccc(C)cc2NC(=O)O[C@@H]2C[C@H]3C(=O)N[C@]4(C(=O)NS(=O)(=O)C5CC5)C[C@H]4C=CCCCCN(C)C(=O)[C@@H]3C2)s1. The van der Waals surface area contributed by atoms with E-state index >= 15 is 0 Å². The number of allylic oxidation sites excluding steroid dienone is 1. The molecule has 1 aliphatic heterocycles. The normalized spacial score (nSPS) is 27.7. The summed E-state index contributed by atoms with van der Waals surface area (Å²) in [5, 5.41) is 5.89. The summed E-state index contributed by atoms with van der Waals surface area (Å²) in [5.74, 6) is -3.55. The highest BCUT2D eigenvalue weighted by atomic mass is 32.2. The van der Waals surface area contributed by atoms with Crippen molar-refractivity contribution in [3.63, 3.8) is 0 Å². The number of hydrogen-bond donors (Lipinski definition) is 3. The number of nitrogens with zero attached hydrogens (tertiary/aromatic N) is 2. The molecule has 12 nitrogen and oxygen atoms in total. The first-order chi connectivity index (χ1) is 22.9. The van der Waals surface area contributed by atoms with Crippen molar-refractivity contribution in [3.05, 3.63) is 47.0 Å². The Morgan fingerprint density at radius 3 is 2.67 bits per heavy atom. The van der Waals surface area contributed by atoms with E-state index in [1.807, 2.05) is 43.5 Å². The maximum absolute atomic E-state index is 14.0. The number of thiazole rings is 1. The van der Waals surface area contributed by atoms with Gasteiger partial charge in [-0.3, -0.25) is 24.4 Å². The van der Waals surface area contributed by atoms with Gasteiger partial charge < -0.3 is 15.0 Å². The zero-order valence-corrected chi connectivity index (χ0v) is 29.1. The fraction of sp³-hybridized carbons (Fsp3) is 0.559. The van der Waals surface area contributed by atoms with Gasteiger partial charge in [-0.1, -0.05) is 25.1 Å². The van der Waals surface area contributed by atoms with Gasteiger partial charge in [0.15, 0.2) is 0 Å². The van der Waals surface area contributed by atoms with Crippen LogP contribution in [0.1, 0.15) is 68.7 Å². The molecule has 14 heteroatoms. The molecule has 6 rings (SSSR count). The third-order valence-electron chi connectivity index (χ3n) is 9.81. The molecule has 0 radical (unpaired) electrons. The van der Waals surface area contributed by atoms with E-state index in [9.17, 15) is 27.6 Å². The minimum atomic E-state index is -3.83. The summed E-state index contributed by atoms with van der Waals surface area (Å²) < 4.78 is 33.4. The number of aryl methyl sites for hydroxylation is 2. The fourth-order valence-electron chi connectivity index (χ4n) is 6.73. The van der Waals surface area contributed by atoms with E-state index in [-0.39, 0.29) is 31.1 Å². The molecule has 0 saturated heterocycles. The van der Waals surface area contributed by atoms with Gasteiger partial charge in [0.25, 0.3) is 5.91 Å². The molecular formula is C34H43N5O7S2. The Balaban J connectivity index is 1.20. The summed E-state index contributed by atoms with van der Waals surface area (Å²) >= 11 is 1.55. The van der Waals surface area contributed by atoms with Crippen molar-refractivity contribution < 1.29 is 32.3 Å². The highest BCUT2D eigenvalue weighted by molar-refractivity contribution is 7.91. The zero-order chi connectivity index (χ0) is 34.2. The number of carbonyl (C=O) groups is 4. The lowest BCUT2D eigenvalue weighted by molar-refractivity contribution is -0.140. The van der Waals surface area contributed by atoms with Crippen LogP contribution in [0.15, 0.2) is 36.5 Å². The number of ether oxygens (including phenoxy) is 1. The standard InChI is InChI=1S/C34H43N5O7S2/c1-4-23-19-35-30(47-23)25-13-10-20(2)15-28(25)36-33(43)46-22-16-26-27(17-22)31(41)39(3)14-8-6-5-7-9-21-18-34(21,37-29(26)40)32(42)38-48(44,45)24-11-12-24/h7,9-10,13,15,19,21-22,24,26-27H,4-6,8,11-12,14,16-18H2,1-3H3,(H,36,43)(H,37,40)(H,38,42)/t21-,22-,26-,27-,34-/m1/s1. The van der Waals surface area contributed by atoms with E-state index < -0.39 is 56.7 Å². The van der Waals surface area contributed by atoms with Crippen LogP contribution in [0.2, 0.25) is 0 Å². The van der Waals surface area contributed by atoms with Crippen molar-refractivity contribution in [2.75, 3.05) is 18.9 Å². The van der Waals surface area contributed by atoms with E-state index in [2.05, 4.69) is 27.3 Å². The van der Waals surface area contributed by atoms with Crippen LogP contribution in [-0.4, -0.2) is 72.6 Å². The molecule has 3 aliphatic carbocycles. The van der Waals surface area contributed by atoms with Crippen LogP contribution in [0.5, 0.6) is 0 Å². The number of nitrogens with one attached hydrogen (secondary N) is 3. The minimum Gasteiger partial charge on any atom is -0.446 e. The highest BCUT2D eigenvalue weighted by Crippen LogP contribution is 2.47. The number of sulfonamides is 1. The molecule has 3 N–H and O–H groups in total. The number of benzene rings is 1. The van der Waals surface area contributed by atoms with E-state index in [0.29, 0.717) is 25.1 Å². The molecule has 258 valence electrons. The summed E-state index contributed by atoms with van der Waals surface area (Å²) in [7, 11) is -2.13. The molecular weight excluding hydrogens is 655 g/mol. The van der Waals surface area contributed by atoms with E-state index in [0.717, 1.165) is 46.7 Å². The average Bonchev–Trinajstić information content (AvgIpc) is 3.92. The number of aromatic nitrogens is 1. The molecule has 0 bridgehead atoms. The second-order valence-corrected chi connectivity index (χ2v) is 16.6. The van der Waals surface area contributed by atoms with Crippen LogP contribution < -0.4 is 15.4 Å². The van der Waals surface area contributed by atoms with Gasteiger partial charge in [-0.2, -0.15) is 0 Å². The van der Waals surface area contributed by atoms with Crippen molar-refractivity contribution in [1.29, 1.82) is 0 Å². The molecule has 48 heavy (non-hydrogen) atoms. The molecule has 3 fully saturated rings. The Morgan fingerprint density at radius 1 is 1.17 bits per heavy atom.